The van der Waals surface area contributed by atoms with Gasteiger partial charge in [0.1, 0.15) is 23.7 Å². The molecule has 1 aliphatic rings. The van der Waals surface area contributed by atoms with Gasteiger partial charge in [-0.05, 0) is 24.3 Å². The summed E-state index contributed by atoms with van der Waals surface area (Å²) in [5.74, 6) is -0.290. The Morgan fingerprint density at radius 1 is 0.944 bits per heavy atom. The molecule has 1 unspecified atom stereocenters. The molecule has 0 radical (unpaired) electrons. The first kappa shape index (κ1) is 22.9. The second kappa shape index (κ2) is 9.42. The fourth-order valence-corrected chi connectivity index (χ4v) is 3.85. The predicted octanol–water partition coefficient (Wildman–Crippen LogP) is 4.79. The number of hydrogen-bond donors (Lipinski definition) is 0. The van der Waals surface area contributed by atoms with Crippen LogP contribution in [0.3, 0.4) is 0 Å². The number of nitrogens with zero attached hydrogens (tertiary/aromatic N) is 5. The molecule has 182 valence electrons. The van der Waals surface area contributed by atoms with Crippen LogP contribution >= 0.6 is 0 Å². The molecule has 0 bridgehead atoms. The smallest absolute Gasteiger partial charge is 0.172 e. The van der Waals surface area contributed by atoms with E-state index in [9.17, 15) is 8.78 Å². The molecule has 0 amide bonds. The van der Waals surface area contributed by atoms with E-state index >= 15 is 0 Å². The molecule has 2 aromatic carbocycles. The van der Waals surface area contributed by atoms with Crippen LogP contribution in [0.1, 0.15) is 11.6 Å². The maximum absolute atomic E-state index is 13.4. The second-order valence-electron chi connectivity index (χ2n) is 7.66. The summed E-state index contributed by atoms with van der Waals surface area (Å²) in [5.41, 5.74) is 3.56. The van der Waals surface area contributed by atoms with Crippen molar-refractivity contribution in [1.29, 1.82) is 5.26 Å². The molecular formula is C25H19F2N5O4. The highest BCUT2D eigenvalue weighted by atomic mass is 19.1. The minimum Gasteiger partial charge on any atom is -0.494 e. The van der Waals surface area contributed by atoms with Gasteiger partial charge in [0.25, 0.3) is 0 Å². The molecular weight excluding hydrogens is 472 g/mol. The molecule has 0 spiro atoms. The van der Waals surface area contributed by atoms with Crippen molar-refractivity contribution in [1.82, 2.24) is 19.6 Å². The van der Waals surface area contributed by atoms with E-state index in [-0.39, 0.29) is 17.4 Å². The van der Waals surface area contributed by atoms with Crippen molar-refractivity contribution >= 4 is 11.1 Å². The molecule has 1 atom stereocenters. The molecule has 3 aromatic heterocycles. The van der Waals surface area contributed by atoms with Crippen LogP contribution in [0.5, 0.6) is 17.2 Å². The summed E-state index contributed by atoms with van der Waals surface area (Å²) in [6.45, 7) is 0.321. The molecule has 6 rings (SSSR count). The SMILES string of the molecule is COc1cc(-n2ncc3c2C(C#N)CO3)ccc1F.COc1cc(-n2ncc3occc32)ccc1F. The quantitative estimate of drug-likeness (QED) is 0.356. The molecule has 0 N–H and O–H groups in total. The van der Waals surface area contributed by atoms with E-state index in [0.717, 1.165) is 11.2 Å². The fourth-order valence-electron chi connectivity index (χ4n) is 3.85. The number of benzene rings is 2. The standard InChI is InChI=1S/C13H10FN3O2.C12H9FN2O2/c1-18-11-4-9(2-3-10(11)14)17-13-8(5-15)7-19-12(13)6-16-17;1-16-11-6-8(2-3-9(11)13)15-10-4-5-17-12(10)7-14-15/h2-4,6,8H,7H2,1H3;2-7H,1H3. The molecule has 0 fully saturated rings. The van der Waals surface area contributed by atoms with E-state index in [4.69, 9.17) is 23.9 Å². The monoisotopic (exact) mass is 491 g/mol. The molecule has 0 saturated heterocycles. The lowest BCUT2D eigenvalue weighted by atomic mass is 10.1. The molecule has 36 heavy (non-hydrogen) atoms. The minimum atomic E-state index is -0.442. The molecule has 9 nitrogen and oxygen atoms in total. The average Bonchev–Trinajstić information content (AvgIpc) is 3.67. The lowest BCUT2D eigenvalue weighted by molar-refractivity contribution is 0.345. The maximum Gasteiger partial charge on any atom is 0.172 e. The first-order valence-corrected chi connectivity index (χ1v) is 10.7. The highest BCUT2D eigenvalue weighted by Gasteiger charge is 2.30. The highest BCUT2D eigenvalue weighted by molar-refractivity contribution is 5.74. The van der Waals surface area contributed by atoms with Gasteiger partial charge in [-0.25, -0.2) is 18.1 Å². The highest BCUT2D eigenvalue weighted by Crippen LogP contribution is 2.35. The number of nitriles is 1. The number of hydrogen-bond acceptors (Lipinski definition) is 7. The van der Waals surface area contributed by atoms with Gasteiger partial charge in [0.05, 0.1) is 50.3 Å². The number of aromatic nitrogens is 4. The van der Waals surface area contributed by atoms with Crippen molar-refractivity contribution in [3.05, 3.63) is 78.4 Å². The van der Waals surface area contributed by atoms with Gasteiger partial charge in [0, 0.05) is 18.2 Å². The Labute approximate surface area is 203 Å². The summed E-state index contributed by atoms with van der Waals surface area (Å²) in [4.78, 5) is 0. The van der Waals surface area contributed by atoms with Crippen LogP contribution in [0.2, 0.25) is 0 Å². The summed E-state index contributed by atoms with van der Waals surface area (Å²) >= 11 is 0. The Bertz CT molecular complexity index is 1580. The fraction of sp³-hybridized carbons (Fsp3) is 0.160. The van der Waals surface area contributed by atoms with E-state index in [1.165, 1.54) is 32.4 Å². The Balaban J connectivity index is 0.000000149. The van der Waals surface area contributed by atoms with Crippen molar-refractivity contribution in [2.45, 2.75) is 5.92 Å². The van der Waals surface area contributed by atoms with Gasteiger partial charge in [-0.15, -0.1) is 0 Å². The van der Waals surface area contributed by atoms with Gasteiger partial charge in [-0.2, -0.15) is 15.5 Å². The molecule has 0 saturated carbocycles. The average molecular weight is 491 g/mol. The van der Waals surface area contributed by atoms with Crippen molar-refractivity contribution in [2.24, 2.45) is 0 Å². The van der Waals surface area contributed by atoms with Gasteiger partial charge in [-0.1, -0.05) is 0 Å². The van der Waals surface area contributed by atoms with Crippen LogP contribution in [0, 0.1) is 23.0 Å². The van der Waals surface area contributed by atoms with Crippen molar-refractivity contribution in [3.8, 4) is 34.7 Å². The van der Waals surface area contributed by atoms with Crippen molar-refractivity contribution in [2.75, 3.05) is 20.8 Å². The van der Waals surface area contributed by atoms with Crippen LogP contribution in [0.4, 0.5) is 8.78 Å². The first-order valence-electron chi connectivity index (χ1n) is 10.7. The Morgan fingerprint density at radius 3 is 2.22 bits per heavy atom. The van der Waals surface area contributed by atoms with Crippen molar-refractivity contribution in [3.63, 3.8) is 0 Å². The third-order valence-corrected chi connectivity index (χ3v) is 5.61. The third-order valence-electron chi connectivity index (χ3n) is 5.61. The van der Waals surface area contributed by atoms with Crippen LogP contribution in [-0.2, 0) is 0 Å². The minimum absolute atomic E-state index is 0.133. The molecule has 4 heterocycles. The number of methoxy groups -OCH3 is 2. The lowest BCUT2D eigenvalue weighted by Crippen LogP contribution is -2.07. The Morgan fingerprint density at radius 2 is 1.58 bits per heavy atom. The zero-order chi connectivity index (χ0) is 25.2. The van der Waals surface area contributed by atoms with E-state index in [1.54, 1.807) is 52.3 Å². The molecule has 11 heteroatoms. The summed E-state index contributed by atoms with van der Waals surface area (Å²) in [7, 11) is 2.83. The zero-order valence-corrected chi connectivity index (χ0v) is 19.2. The van der Waals surface area contributed by atoms with Crippen LogP contribution < -0.4 is 14.2 Å². The van der Waals surface area contributed by atoms with Gasteiger partial charge >= 0.3 is 0 Å². The number of fused-ring (bicyclic) bond motifs is 2. The van der Waals surface area contributed by atoms with E-state index in [2.05, 4.69) is 16.3 Å². The molecule has 0 aliphatic carbocycles. The largest absolute Gasteiger partial charge is 0.494 e. The Hall–Kier alpha value is -4.85. The van der Waals surface area contributed by atoms with Gasteiger partial charge in [0.2, 0.25) is 0 Å². The summed E-state index contributed by atoms with van der Waals surface area (Å²) < 4.78 is 50.4. The van der Waals surface area contributed by atoms with Gasteiger partial charge in [-0.3, -0.25) is 0 Å². The normalized spacial score (nSPS) is 13.9. The number of rotatable bonds is 4. The van der Waals surface area contributed by atoms with Gasteiger partial charge < -0.3 is 18.6 Å². The summed E-state index contributed by atoms with van der Waals surface area (Å²) in [5, 5.41) is 17.4. The number of furan rings is 1. The molecule has 1 aliphatic heterocycles. The molecule has 5 aromatic rings. The first-order chi connectivity index (χ1) is 17.5. The van der Waals surface area contributed by atoms with E-state index in [0.29, 0.717) is 29.3 Å². The van der Waals surface area contributed by atoms with Crippen molar-refractivity contribution < 1.29 is 27.4 Å². The van der Waals surface area contributed by atoms with Crippen LogP contribution in [0.25, 0.3) is 22.5 Å². The Kier molecular flexibility index (Phi) is 6.00. The summed E-state index contributed by atoms with van der Waals surface area (Å²) in [6.07, 6.45) is 4.76. The number of ether oxygens (including phenoxy) is 3. The predicted molar refractivity (Wildman–Crippen MR) is 124 cm³/mol. The lowest BCUT2D eigenvalue weighted by Gasteiger charge is -2.09. The van der Waals surface area contributed by atoms with Crippen LogP contribution in [0.15, 0.2) is 65.5 Å². The van der Waals surface area contributed by atoms with Crippen LogP contribution in [-0.4, -0.2) is 40.4 Å². The number of halogens is 2. The maximum atomic E-state index is 13.4. The zero-order valence-electron chi connectivity index (χ0n) is 19.2. The van der Waals surface area contributed by atoms with E-state index < -0.39 is 11.6 Å². The topological polar surface area (TPSA) is 100 Å². The summed E-state index contributed by atoms with van der Waals surface area (Å²) in [6, 6.07) is 13.0. The van der Waals surface area contributed by atoms with Gasteiger partial charge in [0.15, 0.2) is 34.5 Å². The third kappa shape index (κ3) is 3.98. The second-order valence-corrected chi connectivity index (χ2v) is 7.66. The van der Waals surface area contributed by atoms with E-state index in [1.807, 2.05) is 0 Å².